The molecular weight excluding hydrogens is 207 g/mol. The highest BCUT2D eigenvalue weighted by Gasteiger charge is 1.92. The van der Waals surface area contributed by atoms with Gasteiger partial charge in [0.25, 0.3) is 0 Å². The molecule has 0 aromatic heterocycles. The van der Waals surface area contributed by atoms with Crippen LogP contribution in [0.1, 0.15) is 39.5 Å². The van der Waals surface area contributed by atoms with Gasteiger partial charge in [0, 0.05) is 6.42 Å². The van der Waals surface area contributed by atoms with Crippen LogP contribution in [0.15, 0.2) is 36.7 Å². The number of carboxylic acid groups (broad SMARTS) is 1. The summed E-state index contributed by atoms with van der Waals surface area (Å²) >= 11 is 0. The van der Waals surface area contributed by atoms with Crippen molar-refractivity contribution in [3.05, 3.63) is 36.7 Å². The molecule has 0 atom stereocenters. The Morgan fingerprint density at radius 3 is 2.38 bits per heavy atom. The third kappa shape index (κ3) is 22.9. The second-order valence-electron chi connectivity index (χ2n) is 3.18. The van der Waals surface area contributed by atoms with Crippen molar-refractivity contribution in [3.8, 4) is 0 Å². The molecule has 0 radical (unpaired) electrons. The van der Waals surface area contributed by atoms with Crippen LogP contribution in [-0.4, -0.2) is 11.1 Å². The molecular formula is C13H21FO2. The molecule has 0 bridgehead atoms. The Kier molecular flexibility index (Phi) is 14.5. The molecule has 0 aliphatic heterocycles. The lowest BCUT2D eigenvalue weighted by Gasteiger charge is -1.89. The fraction of sp³-hybridized carbons (Fsp3) is 0.462. The van der Waals surface area contributed by atoms with Gasteiger partial charge < -0.3 is 5.11 Å². The zero-order valence-electron chi connectivity index (χ0n) is 10.1. The molecule has 0 rings (SSSR count). The van der Waals surface area contributed by atoms with Crippen molar-refractivity contribution >= 4 is 5.97 Å². The summed E-state index contributed by atoms with van der Waals surface area (Å²) in [6, 6.07) is 0. The number of carbonyl (C=O) groups is 1. The predicted molar refractivity (Wildman–Crippen MR) is 66.0 cm³/mol. The zero-order valence-corrected chi connectivity index (χ0v) is 10.1. The van der Waals surface area contributed by atoms with Crippen molar-refractivity contribution in [3.63, 3.8) is 0 Å². The summed E-state index contributed by atoms with van der Waals surface area (Å²) in [4.78, 5) is 9.87. The van der Waals surface area contributed by atoms with Crippen LogP contribution in [0.3, 0.4) is 0 Å². The molecule has 0 aromatic carbocycles. The minimum absolute atomic E-state index is 0.327. The molecule has 1 N–H and O–H groups in total. The van der Waals surface area contributed by atoms with Gasteiger partial charge in [0.2, 0.25) is 0 Å². The maximum absolute atomic E-state index is 11.7. The van der Waals surface area contributed by atoms with Gasteiger partial charge in [-0.15, -0.1) is 0 Å². The van der Waals surface area contributed by atoms with Crippen molar-refractivity contribution in [2.24, 2.45) is 0 Å². The fourth-order valence-electron chi connectivity index (χ4n) is 0.797. The molecule has 0 amide bonds. The second kappa shape index (κ2) is 13.6. The van der Waals surface area contributed by atoms with Crippen molar-refractivity contribution in [2.45, 2.75) is 39.5 Å². The van der Waals surface area contributed by atoms with E-state index < -0.39 is 11.8 Å². The van der Waals surface area contributed by atoms with Gasteiger partial charge in [-0.2, -0.15) is 0 Å². The highest BCUT2D eigenvalue weighted by atomic mass is 19.1. The van der Waals surface area contributed by atoms with Gasteiger partial charge in [-0.05, 0) is 19.4 Å². The number of rotatable bonds is 6. The molecule has 0 unspecified atom stereocenters. The first-order valence-corrected chi connectivity index (χ1v) is 5.40. The predicted octanol–water partition coefficient (Wildman–Crippen LogP) is 4.25. The summed E-state index contributed by atoms with van der Waals surface area (Å²) in [6.07, 6.45) is 9.74. The molecule has 0 spiro atoms. The van der Waals surface area contributed by atoms with Gasteiger partial charge >= 0.3 is 5.97 Å². The minimum Gasteiger partial charge on any atom is -0.481 e. The highest BCUT2D eigenvalue weighted by Crippen LogP contribution is 1.97. The first kappa shape index (κ1) is 17.0. The molecule has 92 valence electrons. The molecule has 2 nitrogen and oxygen atoms in total. The van der Waals surface area contributed by atoms with E-state index in [2.05, 4.69) is 13.5 Å². The SMILES string of the molecule is C=C(F)/C=C\C=C/C.CCCCCC(=O)O. The van der Waals surface area contributed by atoms with E-state index in [1.54, 1.807) is 12.2 Å². The van der Waals surface area contributed by atoms with Crippen LogP contribution in [0.4, 0.5) is 4.39 Å². The van der Waals surface area contributed by atoms with E-state index in [-0.39, 0.29) is 0 Å². The Balaban J connectivity index is 0. The summed E-state index contributed by atoms with van der Waals surface area (Å²) in [5, 5.41) is 8.14. The first-order chi connectivity index (χ1) is 7.54. The average Bonchev–Trinajstić information content (AvgIpc) is 2.18. The maximum atomic E-state index is 11.7. The third-order valence-corrected chi connectivity index (χ3v) is 1.57. The standard InChI is InChI=1S/C7H9F.C6H12O2/c1-3-4-5-6-7(2)8;1-2-3-4-5-6(7)8/h3-6H,2H2,1H3;2-5H2,1H3,(H,7,8)/b4-3-,6-5-;. The minimum atomic E-state index is -0.682. The van der Waals surface area contributed by atoms with Crippen LogP contribution in [0.2, 0.25) is 0 Å². The molecule has 0 aliphatic rings. The fourth-order valence-corrected chi connectivity index (χ4v) is 0.797. The molecule has 0 fully saturated rings. The second-order valence-corrected chi connectivity index (χ2v) is 3.18. The van der Waals surface area contributed by atoms with Gasteiger partial charge in [-0.1, -0.05) is 44.6 Å². The van der Waals surface area contributed by atoms with Crippen LogP contribution >= 0.6 is 0 Å². The molecule has 0 saturated carbocycles. The van der Waals surface area contributed by atoms with Crippen molar-refractivity contribution in [1.29, 1.82) is 0 Å². The number of hydrogen-bond donors (Lipinski definition) is 1. The lowest BCUT2D eigenvalue weighted by molar-refractivity contribution is -0.137. The summed E-state index contributed by atoms with van der Waals surface area (Å²) in [5.41, 5.74) is 0. The van der Waals surface area contributed by atoms with Crippen LogP contribution in [0, 0.1) is 0 Å². The highest BCUT2D eigenvalue weighted by molar-refractivity contribution is 5.66. The summed E-state index contributed by atoms with van der Waals surface area (Å²) in [6.45, 7) is 6.96. The lowest BCUT2D eigenvalue weighted by atomic mass is 10.2. The third-order valence-electron chi connectivity index (χ3n) is 1.57. The average molecular weight is 228 g/mol. The van der Waals surface area contributed by atoms with Gasteiger partial charge in [0.05, 0.1) is 0 Å². The van der Waals surface area contributed by atoms with E-state index in [4.69, 9.17) is 5.11 Å². The Labute approximate surface area is 97.2 Å². The van der Waals surface area contributed by atoms with Gasteiger partial charge in [-0.25, -0.2) is 4.39 Å². The van der Waals surface area contributed by atoms with Crippen LogP contribution in [0.5, 0.6) is 0 Å². The van der Waals surface area contributed by atoms with E-state index in [9.17, 15) is 9.18 Å². The number of carboxylic acids is 1. The molecule has 16 heavy (non-hydrogen) atoms. The molecule has 3 heteroatoms. The van der Waals surface area contributed by atoms with E-state index in [0.717, 1.165) is 19.3 Å². The van der Waals surface area contributed by atoms with E-state index in [0.29, 0.717) is 6.42 Å². The molecule has 0 heterocycles. The quantitative estimate of drug-likeness (QED) is 0.545. The number of unbranched alkanes of at least 4 members (excludes halogenated alkanes) is 2. The zero-order chi connectivity index (χ0) is 12.8. The van der Waals surface area contributed by atoms with Gasteiger partial charge in [0.1, 0.15) is 5.83 Å². The normalized spacial score (nSPS) is 10.2. The van der Waals surface area contributed by atoms with Crippen LogP contribution in [-0.2, 0) is 4.79 Å². The van der Waals surface area contributed by atoms with Crippen molar-refractivity contribution < 1.29 is 14.3 Å². The van der Waals surface area contributed by atoms with Gasteiger partial charge in [0.15, 0.2) is 0 Å². The first-order valence-electron chi connectivity index (χ1n) is 5.40. The monoisotopic (exact) mass is 228 g/mol. The topological polar surface area (TPSA) is 37.3 Å². The summed E-state index contributed by atoms with van der Waals surface area (Å²) in [7, 11) is 0. The Morgan fingerprint density at radius 1 is 1.38 bits per heavy atom. The number of halogens is 1. The Hall–Kier alpha value is -1.38. The Morgan fingerprint density at radius 2 is 2.00 bits per heavy atom. The summed E-state index contributed by atoms with van der Waals surface area (Å²) in [5.74, 6) is -1.10. The smallest absolute Gasteiger partial charge is 0.303 e. The van der Waals surface area contributed by atoms with Crippen molar-refractivity contribution in [2.75, 3.05) is 0 Å². The molecule has 0 aromatic rings. The van der Waals surface area contributed by atoms with E-state index in [1.165, 1.54) is 6.08 Å². The van der Waals surface area contributed by atoms with Crippen molar-refractivity contribution in [1.82, 2.24) is 0 Å². The number of aliphatic carboxylic acids is 1. The van der Waals surface area contributed by atoms with Gasteiger partial charge in [-0.3, -0.25) is 4.79 Å². The number of hydrogen-bond acceptors (Lipinski definition) is 1. The Bertz CT molecular complexity index is 242. The van der Waals surface area contributed by atoms with E-state index >= 15 is 0 Å². The van der Waals surface area contributed by atoms with Crippen LogP contribution < -0.4 is 0 Å². The number of allylic oxidation sites excluding steroid dienone is 5. The largest absolute Gasteiger partial charge is 0.481 e. The molecule has 0 aliphatic carbocycles. The molecule has 0 saturated heterocycles. The van der Waals surface area contributed by atoms with Crippen LogP contribution in [0.25, 0.3) is 0 Å². The lowest BCUT2D eigenvalue weighted by Crippen LogP contribution is -1.92. The summed E-state index contributed by atoms with van der Waals surface area (Å²) < 4.78 is 11.7. The maximum Gasteiger partial charge on any atom is 0.303 e. The van der Waals surface area contributed by atoms with E-state index in [1.807, 2.05) is 13.0 Å².